The van der Waals surface area contributed by atoms with E-state index in [2.05, 4.69) is 4.74 Å². The molecule has 0 radical (unpaired) electrons. The summed E-state index contributed by atoms with van der Waals surface area (Å²) >= 11 is 0.932. The van der Waals surface area contributed by atoms with Gasteiger partial charge in [0.05, 0.1) is 44.9 Å². The highest BCUT2D eigenvalue weighted by molar-refractivity contribution is 8.01. The number of esters is 2. The molecule has 0 N–H and O–H groups in total. The van der Waals surface area contributed by atoms with E-state index in [0.717, 1.165) is 34.0 Å². The van der Waals surface area contributed by atoms with Crippen molar-refractivity contribution in [3.8, 4) is 0 Å². The number of thioether (sulfide) groups is 1. The number of carbonyl (C=O) groups excluding carboxylic acids is 3. The number of amides is 1. The molecule has 3 heterocycles. The van der Waals surface area contributed by atoms with Gasteiger partial charge in [0.2, 0.25) is 5.91 Å². The topological polar surface area (TPSA) is 130 Å². The maximum atomic E-state index is 14.1. The third-order valence-electron chi connectivity index (χ3n) is 10.5. The molecule has 8 rings (SSSR count). The first kappa shape index (κ1) is 34.2. The molecule has 3 fully saturated rings. The molecule has 264 valence electrons. The quantitative estimate of drug-likeness (QED) is 0.230. The van der Waals surface area contributed by atoms with Gasteiger partial charge in [-0.25, -0.2) is 8.42 Å². The van der Waals surface area contributed by atoms with Gasteiger partial charge in [0, 0.05) is 23.1 Å². The summed E-state index contributed by atoms with van der Waals surface area (Å²) in [5.74, 6) is -11.5. The van der Waals surface area contributed by atoms with E-state index in [1.165, 1.54) is 4.90 Å². The molecule has 1 amide bonds. The molecule has 4 bridgehead atoms. The lowest BCUT2D eigenvalue weighted by Gasteiger charge is -2.45. The number of nitrogens with zero attached hydrogens (tertiary/aromatic N) is 1. The number of hydrogen-bond donors (Lipinski definition) is 0. The summed E-state index contributed by atoms with van der Waals surface area (Å²) in [6.45, 7) is 3.25. The average Bonchev–Trinajstić information content (AvgIpc) is 3.62. The summed E-state index contributed by atoms with van der Waals surface area (Å²) in [5, 5.41) is -2.15. The Hall–Kier alpha value is -3.31. The molecule has 0 saturated carbocycles. The summed E-state index contributed by atoms with van der Waals surface area (Å²) in [4.78, 5) is 42.6. The van der Waals surface area contributed by atoms with Gasteiger partial charge in [0.1, 0.15) is 6.10 Å². The molecule has 0 spiro atoms. The second kappa shape index (κ2) is 11.1. The van der Waals surface area contributed by atoms with Gasteiger partial charge in [-0.3, -0.25) is 14.4 Å². The second-order valence-corrected chi connectivity index (χ2v) is 16.2. The maximum Gasteiger partial charge on any atom is 0.438 e. The Morgan fingerprint density at radius 2 is 1.45 bits per heavy atom. The summed E-state index contributed by atoms with van der Waals surface area (Å²) < 4.78 is 129. The Kier molecular flexibility index (Phi) is 7.73. The third-order valence-corrected chi connectivity index (χ3v) is 13.0. The Morgan fingerprint density at radius 1 is 0.918 bits per heavy atom. The molecule has 9 nitrogen and oxygen atoms in total. The van der Waals surface area contributed by atoms with Crippen LogP contribution in [0.25, 0.3) is 0 Å². The predicted molar refractivity (Wildman–Crippen MR) is 158 cm³/mol. The van der Waals surface area contributed by atoms with Crippen molar-refractivity contribution < 1.29 is 63.2 Å². The van der Waals surface area contributed by atoms with Gasteiger partial charge in [0.15, 0.2) is 0 Å². The minimum Gasteiger partial charge on any atom is -0.748 e. The van der Waals surface area contributed by atoms with Crippen LogP contribution >= 0.6 is 11.8 Å². The zero-order valence-corrected chi connectivity index (χ0v) is 27.2. The molecule has 2 aromatic rings. The molecule has 3 aliphatic heterocycles. The highest BCUT2D eigenvalue weighted by Crippen LogP contribution is 2.62. The Balaban J connectivity index is 1.23. The van der Waals surface area contributed by atoms with Crippen LogP contribution < -0.4 is 0 Å². The molecule has 49 heavy (non-hydrogen) atoms. The molecule has 17 heteroatoms. The lowest BCUT2D eigenvalue weighted by molar-refractivity contribution is -0.362. The van der Waals surface area contributed by atoms with Crippen molar-refractivity contribution in [3.63, 3.8) is 0 Å². The summed E-state index contributed by atoms with van der Waals surface area (Å²) in [5.41, 5.74) is -1.74. The number of halogens is 6. The standard InChI is InChI=1S/C32H29F6NO8S2/c1-13(2)39-23-24(46-28(41)19-11-18-14-7-3-5-9-16(14)20(19)17-10-6-4-8-15(17)18)26-22(21(27(39)40)25(23)48-26)29(42)47-30(31(33,34)35,32(36,37)38)12-49(43,44)45/h3-10,13,18-26H,11-12H2,1-2H3,(H,43,44,45)/p-1. The Labute approximate surface area is 280 Å². The third kappa shape index (κ3) is 5.00. The first-order chi connectivity index (χ1) is 22.8. The van der Waals surface area contributed by atoms with E-state index < -0.39 is 104 Å². The SMILES string of the molecule is CC(C)N1C(=O)C2C3SC(C(OC(=O)C4CC5c6ccccc6C4c4ccccc45)C31)C2C(=O)OC(CS(=O)(=O)[O-])(C(F)(F)F)C(F)(F)F. The number of ether oxygens (including phenoxy) is 2. The molecular formula is C32H28F6NO8S2-. The molecule has 0 aromatic heterocycles. The number of likely N-dealkylation sites (tertiary alicyclic amines) is 1. The van der Waals surface area contributed by atoms with E-state index in [4.69, 9.17) is 4.74 Å². The minimum atomic E-state index is -6.58. The maximum absolute atomic E-state index is 14.1. The van der Waals surface area contributed by atoms with Crippen molar-refractivity contribution in [2.45, 2.75) is 78.7 Å². The molecule has 3 saturated heterocycles. The molecule has 6 aliphatic rings. The van der Waals surface area contributed by atoms with Crippen molar-refractivity contribution >= 4 is 39.7 Å². The number of benzene rings is 2. The van der Waals surface area contributed by atoms with Crippen molar-refractivity contribution in [1.82, 2.24) is 4.90 Å². The molecule has 7 atom stereocenters. The number of fused-ring (bicyclic) bond motifs is 2. The summed E-state index contributed by atoms with van der Waals surface area (Å²) in [6.07, 6.45) is -14.1. The van der Waals surface area contributed by atoms with Crippen LogP contribution in [-0.2, 0) is 34.0 Å². The van der Waals surface area contributed by atoms with Crippen molar-refractivity contribution in [1.29, 1.82) is 0 Å². The van der Waals surface area contributed by atoms with Gasteiger partial charge in [-0.2, -0.15) is 26.3 Å². The summed E-state index contributed by atoms with van der Waals surface area (Å²) in [6, 6.07) is 13.9. The van der Waals surface area contributed by atoms with Crippen LogP contribution in [0.1, 0.15) is 54.4 Å². The van der Waals surface area contributed by atoms with Gasteiger partial charge >= 0.3 is 29.9 Å². The largest absolute Gasteiger partial charge is 0.748 e. The number of carbonyl (C=O) groups is 3. The van der Waals surface area contributed by atoms with Gasteiger partial charge < -0.3 is 18.9 Å². The Bertz CT molecular complexity index is 1790. The van der Waals surface area contributed by atoms with E-state index >= 15 is 0 Å². The van der Waals surface area contributed by atoms with Gasteiger partial charge in [0.25, 0.3) is 0 Å². The van der Waals surface area contributed by atoms with E-state index in [-0.39, 0.29) is 5.92 Å². The fraction of sp³-hybridized carbons (Fsp3) is 0.531. The van der Waals surface area contributed by atoms with Gasteiger partial charge in [-0.15, -0.1) is 11.8 Å². The van der Waals surface area contributed by atoms with Crippen LogP contribution in [0.3, 0.4) is 0 Å². The smallest absolute Gasteiger partial charge is 0.438 e. The summed E-state index contributed by atoms with van der Waals surface area (Å²) in [7, 11) is -6.27. The fourth-order valence-electron chi connectivity index (χ4n) is 8.71. The van der Waals surface area contributed by atoms with Crippen LogP contribution in [0.5, 0.6) is 0 Å². The van der Waals surface area contributed by atoms with Crippen molar-refractivity contribution in [2.24, 2.45) is 17.8 Å². The number of rotatable bonds is 7. The van der Waals surface area contributed by atoms with E-state index in [1.54, 1.807) is 13.8 Å². The molecule has 7 unspecified atom stereocenters. The van der Waals surface area contributed by atoms with Crippen LogP contribution in [0, 0.1) is 17.8 Å². The van der Waals surface area contributed by atoms with E-state index in [0.29, 0.717) is 6.42 Å². The molecule has 3 aliphatic carbocycles. The first-order valence-electron chi connectivity index (χ1n) is 15.4. The highest BCUT2D eigenvalue weighted by Gasteiger charge is 2.77. The normalized spacial score (nSPS) is 31.6. The minimum absolute atomic E-state index is 0.146. The highest BCUT2D eigenvalue weighted by atomic mass is 32.2. The zero-order valence-electron chi connectivity index (χ0n) is 25.6. The van der Waals surface area contributed by atoms with E-state index in [1.807, 2.05) is 48.5 Å². The lowest BCUT2D eigenvalue weighted by Crippen LogP contribution is -2.64. The van der Waals surface area contributed by atoms with Gasteiger partial charge in [-0.05, 0) is 42.5 Å². The molecular weight excluding hydrogens is 704 g/mol. The average molecular weight is 733 g/mol. The Morgan fingerprint density at radius 3 is 1.94 bits per heavy atom. The fourth-order valence-corrected chi connectivity index (χ4v) is 11.7. The van der Waals surface area contributed by atoms with Crippen LogP contribution in [0.2, 0.25) is 0 Å². The zero-order chi connectivity index (χ0) is 35.6. The first-order valence-corrected chi connectivity index (χ1v) is 17.9. The van der Waals surface area contributed by atoms with Crippen LogP contribution in [-0.4, -0.2) is 88.1 Å². The lowest BCUT2D eigenvalue weighted by atomic mass is 9.59. The van der Waals surface area contributed by atoms with Gasteiger partial charge in [-0.1, -0.05) is 48.5 Å². The monoisotopic (exact) mass is 732 g/mol. The second-order valence-electron chi connectivity index (χ2n) is 13.4. The number of alkyl halides is 6. The predicted octanol–water partition coefficient (Wildman–Crippen LogP) is 4.50. The van der Waals surface area contributed by atoms with Crippen LogP contribution in [0.4, 0.5) is 26.3 Å². The van der Waals surface area contributed by atoms with Crippen molar-refractivity contribution in [3.05, 3.63) is 70.8 Å². The van der Waals surface area contributed by atoms with Crippen molar-refractivity contribution in [2.75, 3.05) is 5.75 Å². The molecule has 2 aromatic carbocycles. The number of hydrogen-bond acceptors (Lipinski definition) is 9. The van der Waals surface area contributed by atoms with Crippen LogP contribution in [0.15, 0.2) is 48.5 Å². The van der Waals surface area contributed by atoms with E-state index in [9.17, 15) is 53.7 Å².